The fourth-order valence-corrected chi connectivity index (χ4v) is 1.35. The summed E-state index contributed by atoms with van der Waals surface area (Å²) in [5.74, 6) is -0.321. The molecule has 1 amide bonds. The molecule has 1 heterocycles. The van der Waals surface area contributed by atoms with E-state index in [1.807, 2.05) is 30.8 Å². The second-order valence-electron chi connectivity index (χ2n) is 2.38. The molecule has 4 heteroatoms. The van der Waals surface area contributed by atoms with Gasteiger partial charge in [-0.05, 0) is 12.3 Å². The fourth-order valence-electron chi connectivity index (χ4n) is 0.897. The molecule has 0 bridgehead atoms. The Hall–Kier alpha value is -1.03. The summed E-state index contributed by atoms with van der Waals surface area (Å²) in [6, 6.07) is 3.89. The predicted octanol–water partition coefficient (Wildman–Crippen LogP) is 0.181. The van der Waals surface area contributed by atoms with Gasteiger partial charge in [0.2, 0.25) is 6.54 Å². The lowest BCUT2D eigenvalue weighted by Gasteiger charge is -1.94. The van der Waals surface area contributed by atoms with Gasteiger partial charge in [0.05, 0.1) is 4.90 Å². The van der Waals surface area contributed by atoms with E-state index in [1.165, 1.54) is 0 Å². The first kappa shape index (κ1) is 9.06. The molecule has 12 heavy (non-hydrogen) atoms. The number of amides is 1. The molecule has 0 aliphatic heterocycles. The summed E-state index contributed by atoms with van der Waals surface area (Å²) in [6.07, 6.45) is 5.71. The van der Waals surface area contributed by atoms with Crippen LogP contribution in [0.2, 0.25) is 0 Å². The molecular formula is C8H11N2OS+. The van der Waals surface area contributed by atoms with Gasteiger partial charge in [0.1, 0.15) is 0 Å². The molecule has 0 spiro atoms. The number of carbonyl (C=O) groups is 1. The molecule has 3 nitrogen and oxygen atoms in total. The average molecular weight is 183 g/mol. The second-order valence-corrected chi connectivity index (χ2v) is 3.26. The standard InChI is InChI=1S/C8H10N2OS/c1-12-7-3-2-4-10(5-7)6-8(9)11/h2-5H,6H2,1H3,(H-,9,11)/p+1. The molecular weight excluding hydrogens is 172 g/mol. The van der Waals surface area contributed by atoms with Crippen LogP contribution in [-0.4, -0.2) is 12.2 Å². The van der Waals surface area contributed by atoms with Crippen LogP contribution in [-0.2, 0) is 11.3 Å². The van der Waals surface area contributed by atoms with Gasteiger partial charge >= 0.3 is 0 Å². The Labute approximate surface area is 75.6 Å². The molecule has 0 radical (unpaired) electrons. The van der Waals surface area contributed by atoms with E-state index < -0.39 is 0 Å². The van der Waals surface area contributed by atoms with Crippen molar-refractivity contribution in [2.45, 2.75) is 11.4 Å². The Balaban J connectivity index is 2.79. The van der Waals surface area contributed by atoms with Crippen LogP contribution in [0.15, 0.2) is 29.4 Å². The molecule has 1 aromatic rings. The number of nitrogens with two attached hydrogens (primary N) is 1. The van der Waals surface area contributed by atoms with E-state index in [9.17, 15) is 4.79 Å². The zero-order valence-corrected chi connectivity index (χ0v) is 7.67. The van der Waals surface area contributed by atoms with Gasteiger partial charge in [0.25, 0.3) is 5.91 Å². The summed E-state index contributed by atoms with van der Waals surface area (Å²) in [5.41, 5.74) is 5.05. The quantitative estimate of drug-likeness (QED) is 0.537. The molecule has 0 atom stereocenters. The van der Waals surface area contributed by atoms with Gasteiger partial charge in [-0.1, -0.05) is 0 Å². The van der Waals surface area contributed by atoms with E-state index >= 15 is 0 Å². The summed E-state index contributed by atoms with van der Waals surface area (Å²) in [4.78, 5) is 11.7. The minimum atomic E-state index is -0.321. The fraction of sp³-hybridized carbons (Fsp3) is 0.250. The third kappa shape index (κ3) is 2.54. The highest BCUT2D eigenvalue weighted by Gasteiger charge is 2.04. The molecule has 0 aliphatic rings. The molecule has 2 N–H and O–H groups in total. The third-order valence-corrected chi connectivity index (χ3v) is 2.12. The molecule has 0 fully saturated rings. The van der Waals surface area contributed by atoms with Crippen molar-refractivity contribution in [3.05, 3.63) is 24.5 Å². The number of rotatable bonds is 3. The predicted molar refractivity (Wildman–Crippen MR) is 47.6 cm³/mol. The largest absolute Gasteiger partial charge is 0.364 e. The smallest absolute Gasteiger partial charge is 0.283 e. The molecule has 0 aromatic carbocycles. The van der Waals surface area contributed by atoms with Gasteiger partial charge < -0.3 is 5.73 Å². The molecule has 1 rings (SSSR count). The normalized spacial score (nSPS) is 9.75. The summed E-state index contributed by atoms with van der Waals surface area (Å²) in [6.45, 7) is 0.244. The Morgan fingerprint density at radius 2 is 2.50 bits per heavy atom. The number of nitrogens with zero attached hydrogens (tertiary/aromatic N) is 1. The van der Waals surface area contributed by atoms with Crippen LogP contribution in [0, 0.1) is 0 Å². The van der Waals surface area contributed by atoms with Crippen molar-refractivity contribution in [1.29, 1.82) is 0 Å². The summed E-state index contributed by atoms with van der Waals surface area (Å²) in [7, 11) is 0. The van der Waals surface area contributed by atoms with Crippen molar-refractivity contribution < 1.29 is 9.36 Å². The van der Waals surface area contributed by atoms with Crippen molar-refractivity contribution in [1.82, 2.24) is 0 Å². The van der Waals surface area contributed by atoms with Crippen LogP contribution in [0.4, 0.5) is 0 Å². The van der Waals surface area contributed by atoms with E-state index in [1.54, 1.807) is 16.3 Å². The highest BCUT2D eigenvalue weighted by molar-refractivity contribution is 7.98. The first-order valence-corrected chi connectivity index (χ1v) is 4.76. The van der Waals surface area contributed by atoms with E-state index in [0.29, 0.717) is 0 Å². The molecule has 64 valence electrons. The SMILES string of the molecule is CSc1ccc[n+](CC(N)=O)c1. The van der Waals surface area contributed by atoms with E-state index in [-0.39, 0.29) is 12.5 Å². The summed E-state index contributed by atoms with van der Waals surface area (Å²) < 4.78 is 1.77. The molecule has 0 saturated carbocycles. The zero-order chi connectivity index (χ0) is 8.97. The van der Waals surface area contributed by atoms with Gasteiger partial charge in [0.15, 0.2) is 12.4 Å². The monoisotopic (exact) mass is 183 g/mol. The maximum absolute atomic E-state index is 10.6. The average Bonchev–Trinajstić information content (AvgIpc) is 2.03. The van der Waals surface area contributed by atoms with Crippen molar-refractivity contribution in [2.24, 2.45) is 5.73 Å². The van der Waals surface area contributed by atoms with Gasteiger partial charge in [0, 0.05) is 6.07 Å². The van der Waals surface area contributed by atoms with Crippen LogP contribution >= 0.6 is 11.8 Å². The van der Waals surface area contributed by atoms with Crippen LogP contribution < -0.4 is 10.3 Å². The third-order valence-electron chi connectivity index (χ3n) is 1.41. The maximum atomic E-state index is 10.6. The topological polar surface area (TPSA) is 47.0 Å². The summed E-state index contributed by atoms with van der Waals surface area (Å²) >= 11 is 1.64. The van der Waals surface area contributed by atoms with Crippen molar-refractivity contribution in [3.63, 3.8) is 0 Å². The van der Waals surface area contributed by atoms with Crippen LogP contribution in [0.3, 0.4) is 0 Å². The van der Waals surface area contributed by atoms with Gasteiger partial charge in [-0.3, -0.25) is 4.79 Å². The van der Waals surface area contributed by atoms with Crippen molar-refractivity contribution >= 4 is 17.7 Å². The van der Waals surface area contributed by atoms with Gasteiger partial charge in [-0.25, -0.2) is 0 Å². The Bertz CT molecular complexity index is 288. The number of carbonyl (C=O) groups excluding carboxylic acids is 1. The van der Waals surface area contributed by atoms with Crippen LogP contribution in [0.1, 0.15) is 0 Å². The minimum Gasteiger partial charge on any atom is -0.364 e. The Morgan fingerprint density at radius 1 is 1.75 bits per heavy atom. The molecule has 0 unspecified atom stereocenters. The second kappa shape index (κ2) is 4.11. The van der Waals surface area contributed by atoms with Crippen LogP contribution in [0.25, 0.3) is 0 Å². The lowest BCUT2D eigenvalue weighted by Crippen LogP contribution is -2.40. The number of pyridine rings is 1. The summed E-state index contributed by atoms with van der Waals surface area (Å²) in [5, 5.41) is 0. The Morgan fingerprint density at radius 3 is 3.08 bits per heavy atom. The van der Waals surface area contributed by atoms with Gasteiger partial charge in [-0.15, -0.1) is 11.8 Å². The van der Waals surface area contributed by atoms with E-state index in [2.05, 4.69) is 0 Å². The van der Waals surface area contributed by atoms with Crippen molar-refractivity contribution in [3.8, 4) is 0 Å². The van der Waals surface area contributed by atoms with E-state index in [4.69, 9.17) is 5.73 Å². The highest BCUT2D eigenvalue weighted by atomic mass is 32.2. The molecule has 0 aliphatic carbocycles. The molecule has 0 saturated heterocycles. The number of hydrogen-bond acceptors (Lipinski definition) is 2. The number of aromatic nitrogens is 1. The minimum absolute atomic E-state index is 0.244. The van der Waals surface area contributed by atoms with Crippen LogP contribution in [0.5, 0.6) is 0 Å². The van der Waals surface area contributed by atoms with E-state index in [0.717, 1.165) is 4.90 Å². The van der Waals surface area contributed by atoms with Crippen molar-refractivity contribution in [2.75, 3.05) is 6.26 Å². The first-order valence-electron chi connectivity index (χ1n) is 3.54. The lowest BCUT2D eigenvalue weighted by atomic mass is 10.4. The number of primary amides is 1. The highest BCUT2D eigenvalue weighted by Crippen LogP contribution is 2.09. The van der Waals surface area contributed by atoms with Gasteiger partial charge in [-0.2, -0.15) is 4.57 Å². The zero-order valence-electron chi connectivity index (χ0n) is 6.86. The number of hydrogen-bond donors (Lipinski definition) is 1. The Kier molecular flexibility index (Phi) is 3.10. The lowest BCUT2D eigenvalue weighted by molar-refractivity contribution is -0.686. The first-order chi connectivity index (χ1) is 5.72. The number of thioether (sulfide) groups is 1. The molecule has 1 aromatic heterocycles. The maximum Gasteiger partial charge on any atom is 0.283 e.